The average Bonchev–Trinajstić information content (AvgIpc) is 2.89. The van der Waals surface area contributed by atoms with E-state index in [0.29, 0.717) is 12.1 Å². The van der Waals surface area contributed by atoms with E-state index in [1.54, 1.807) is 0 Å². The first kappa shape index (κ1) is 14.5. The molecule has 0 saturated carbocycles. The van der Waals surface area contributed by atoms with Crippen molar-refractivity contribution < 1.29 is 4.74 Å². The van der Waals surface area contributed by atoms with Gasteiger partial charge in [0, 0.05) is 19.2 Å². The molecule has 1 fully saturated rings. The third-order valence-corrected chi connectivity index (χ3v) is 3.97. The van der Waals surface area contributed by atoms with E-state index in [2.05, 4.69) is 57.3 Å². The molecule has 1 heterocycles. The van der Waals surface area contributed by atoms with E-state index in [1.807, 2.05) is 0 Å². The minimum absolute atomic E-state index is 0.233. The van der Waals surface area contributed by atoms with Crippen molar-refractivity contribution in [2.45, 2.75) is 64.6 Å². The Bertz CT molecular complexity index is 385. The number of nitrogens with one attached hydrogen (secondary N) is 1. The van der Waals surface area contributed by atoms with Gasteiger partial charge in [-0.1, -0.05) is 45.0 Å². The lowest BCUT2D eigenvalue weighted by Gasteiger charge is -2.21. The monoisotopic (exact) mass is 261 g/mol. The van der Waals surface area contributed by atoms with Crippen LogP contribution in [0.2, 0.25) is 0 Å². The Morgan fingerprint density at radius 1 is 1.26 bits per heavy atom. The number of ether oxygens (including phenoxy) is 1. The zero-order chi connectivity index (χ0) is 13.9. The van der Waals surface area contributed by atoms with Gasteiger partial charge in [-0.2, -0.15) is 0 Å². The molecule has 106 valence electrons. The molecule has 2 unspecified atom stereocenters. The van der Waals surface area contributed by atoms with Crippen molar-refractivity contribution >= 4 is 0 Å². The summed E-state index contributed by atoms with van der Waals surface area (Å²) in [6, 6.07) is 9.39. The van der Waals surface area contributed by atoms with Crippen molar-refractivity contribution in [1.29, 1.82) is 0 Å². The first-order chi connectivity index (χ1) is 8.97. The SMILES string of the molecule is CC(NCc1ccc(C(C)(C)C)cc1)C1CCCO1. The fraction of sp³-hybridized carbons (Fsp3) is 0.647. The molecule has 2 rings (SSSR count). The molecule has 0 aliphatic carbocycles. The maximum absolute atomic E-state index is 5.70. The zero-order valence-corrected chi connectivity index (χ0v) is 12.7. The average molecular weight is 261 g/mol. The van der Waals surface area contributed by atoms with E-state index >= 15 is 0 Å². The lowest BCUT2D eigenvalue weighted by atomic mass is 9.87. The Labute approximate surface area is 117 Å². The van der Waals surface area contributed by atoms with Crippen molar-refractivity contribution in [3.8, 4) is 0 Å². The minimum Gasteiger partial charge on any atom is -0.377 e. The van der Waals surface area contributed by atoms with Gasteiger partial charge in [0.25, 0.3) is 0 Å². The van der Waals surface area contributed by atoms with Crippen molar-refractivity contribution in [2.24, 2.45) is 0 Å². The molecule has 1 N–H and O–H groups in total. The van der Waals surface area contributed by atoms with Crippen molar-refractivity contribution in [3.63, 3.8) is 0 Å². The van der Waals surface area contributed by atoms with Gasteiger partial charge in [0.05, 0.1) is 6.10 Å². The molecule has 19 heavy (non-hydrogen) atoms. The highest BCUT2D eigenvalue weighted by Gasteiger charge is 2.21. The van der Waals surface area contributed by atoms with Crippen LogP contribution >= 0.6 is 0 Å². The van der Waals surface area contributed by atoms with Gasteiger partial charge in [-0.15, -0.1) is 0 Å². The molecule has 1 aliphatic rings. The molecule has 2 heteroatoms. The van der Waals surface area contributed by atoms with Gasteiger partial charge >= 0.3 is 0 Å². The maximum atomic E-state index is 5.70. The summed E-state index contributed by atoms with van der Waals surface area (Å²) in [5.74, 6) is 0. The summed E-state index contributed by atoms with van der Waals surface area (Å²) in [7, 11) is 0. The van der Waals surface area contributed by atoms with Gasteiger partial charge in [0.1, 0.15) is 0 Å². The molecule has 1 saturated heterocycles. The van der Waals surface area contributed by atoms with E-state index in [9.17, 15) is 0 Å². The highest BCUT2D eigenvalue weighted by atomic mass is 16.5. The minimum atomic E-state index is 0.233. The summed E-state index contributed by atoms with van der Waals surface area (Å²) < 4.78 is 5.70. The van der Waals surface area contributed by atoms with Crippen LogP contribution in [0.5, 0.6) is 0 Å². The summed E-state index contributed by atoms with van der Waals surface area (Å²) in [6.45, 7) is 10.8. The maximum Gasteiger partial charge on any atom is 0.0726 e. The van der Waals surface area contributed by atoms with Crippen LogP contribution in [0, 0.1) is 0 Å². The Kier molecular flexibility index (Phi) is 4.64. The second-order valence-electron chi connectivity index (χ2n) is 6.67. The van der Waals surface area contributed by atoms with Gasteiger partial charge in [-0.05, 0) is 36.3 Å². The smallest absolute Gasteiger partial charge is 0.0726 e. The third-order valence-electron chi connectivity index (χ3n) is 3.97. The predicted octanol–water partition coefficient (Wildman–Crippen LogP) is 3.64. The molecule has 1 aromatic carbocycles. The largest absolute Gasteiger partial charge is 0.377 e. The summed E-state index contributed by atoms with van der Waals surface area (Å²) in [4.78, 5) is 0. The first-order valence-electron chi connectivity index (χ1n) is 7.41. The normalized spacial score (nSPS) is 21.6. The molecular weight excluding hydrogens is 234 g/mol. The first-order valence-corrected chi connectivity index (χ1v) is 7.41. The Morgan fingerprint density at radius 3 is 2.47 bits per heavy atom. The topological polar surface area (TPSA) is 21.3 Å². The van der Waals surface area contributed by atoms with Crippen LogP contribution in [0.15, 0.2) is 24.3 Å². The van der Waals surface area contributed by atoms with E-state index in [-0.39, 0.29) is 5.41 Å². The molecule has 1 aromatic rings. The lowest BCUT2D eigenvalue weighted by Crippen LogP contribution is -2.36. The Morgan fingerprint density at radius 2 is 1.95 bits per heavy atom. The standard InChI is InChI=1S/C17H27NO/c1-13(16-6-5-11-19-16)18-12-14-7-9-15(10-8-14)17(2,3)4/h7-10,13,16,18H,5-6,11-12H2,1-4H3. The van der Waals surface area contributed by atoms with Crippen LogP contribution in [-0.4, -0.2) is 18.8 Å². The molecule has 1 aliphatic heterocycles. The van der Waals surface area contributed by atoms with Crippen molar-refractivity contribution in [3.05, 3.63) is 35.4 Å². The van der Waals surface area contributed by atoms with Crippen molar-refractivity contribution in [1.82, 2.24) is 5.32 Å². The van der Waals surface area contributed by atoms with Crippen LogP contribution < -0.4 is 5.32 Å². The third kappa shape index (κ3) is 4.05. The summed E-state index contributed by atoms with van der Waals surface area (Å²) in [5.41, 5.74) is 2.97. The van der Waals surface area contributed by atoms with Gasteiger partial charge in [0.2, 0.25) is 0 Å². The highest BCUT2D eigenvalue weighted by Crippen LogP contribution is 2.22. The summed E-state index contributed by atoms with van der Waals surface area (Å²) >= 11 is 0. The Hall–Kier alpha value is -0.860. The molecule has 0 radical (unpaired) electrons. The number of benzene rings is 1. The van der Waals surface area contributed by atoms with Crippen molar-refractivity contribution in [2.75, 3.05) is 6.61 Å². The van der Waals surface area contributed by atoms with Gasteiger partial charge in [0.15, 0.2) is 0 Å². The number of hydrogen-bond acceptors (Lipinski definition) is 2. The van der Waals surface area contributed by atoms with E-state index in [4.69, 9.17) is 4.74 Å². The lowest BCUT2D eigenvalue weighted by molar-refractivity contribution is 0.0832. The molecule has 0 spiro atoms. The Balaban J connectivity index is 1.86. The fourth-order valence-electron chi connectivity index (χ4n) is 2.53. The van der Waals surface area contributed by atoms with Crippen LogP contribution in [0.3, 0.4) is 0 Å². The zero-order valence-electron chi connectivity index (χ0n) is 12.7. The molecule has 2 nitrogen and oxygen atoms in total. The number of hydrogen-bond donors (Lipinski definition) is 1. The fourth-order valence-corrected chi connectivity index (χ4v) is 2.53. The van der Waals surface area contributed by atoms with Gasteiger partial charge in [-0.3, -0.25) is 0 Å². The van der Waals surface area contributed by atoms with E-state index < -0.39 is 0 Å². The molecule has 0 bridgehead atoms. The second kappa shape index (κ2) is 6.06. The van der Waals surface area contributed by atoms with Gasteiger partial charge < -0.3 is 10.1 Å². The molecule has 0 aromatic heterocycles. The number of rotatable bonds is 4. The second-order valence-corrected chi connectivity index (χ2v) is 6.67. The quantitative estimate of drug-likeness (QED) is 0.893. The van der Waals surface area contributed by atoms with E-state index in [1.165, 1.54) is 24.0 Å². The summed E-state index contributed by atoms with van der Waals surface area (Å²) in [5, 5.41) is 3.57. The highest BCUT2D eigenvalue weighted by molar-refractivity contribution is 5.27. The predicted molar refractivity (Wildman–Crippen MR) is 80.4 cm³/mol. The molecule has 0 amide bonds. The van der Waals surface area contributed by atoms with Crippen LogP contribution in [-0.2, 0) is 16.7 Å². The van der Waals surface area contributed by atoms with Gasteiger partial charge in [-0.25, -0.2) is 0 Å². The van der Waals surface area contributed by atoms with Crippen LogP contribution in [0.4, 0.5) is 0 Å². The van der Waals surface area contributed by atoms with Crippen LogP contribution in [0.1, 0.15) is 51.7 Å². The molecular formula is C17H27NO. The van der Waals surface area contributed by atoms with E-state index in [0.717, 1.165) is 13.2 Å². The molecule has 2 atom stereocenters. The summed E-state index contributed by atoms with van der Waals surface area (Å²) in [6.07, 6.45) is 2.79. The van der Waals surface area contributed by atoms with Crippen LogP contribution in [0.25, 0.3) is 0 Å².